The summed E-state index contributed by atoms with van der Waals surface area (Å²) in [6.45, 7) is 3.99. The number of unbranched alkanes of at least 4 members (excludes halogenated alkanes) is 2. The highest BCUT2D eigenvalue weighted by atomic mass is 19.1. The van der Waals surface area contributed by atoms with Gasteiger partial charge in [-0.2, -0.15) is 0 Å². The largest absolute Gasteiger partial charge is 0.481 e. The molecule has 0 radical (unpaired) electrons. The van der Waals surface area contributed by atoms with Crippen molar-refractivity contribution < 1.29 is 14.3 Å². The number of nitrogens with two attached hydrogens (primary N) is 1. The Labute approximate surface area is 113 Å². The number of para-hydroxylation sites is 1. The molecule has 3 nitrogen and oxygen atoms in total. The Bertz CT molecular complexity index is 434. The fourth-order valence-corrected chi connectivity index (χ4v) is 2.39. The summed E-state index contributed by atoms with van der Waals surface area (Å²) in [6.07, 6.45) is 3.96. The Morgan fingerprint density at radius 2 is 2.11 bits per heavy atom. The fourth-order valence-electron chi connectivity index (χ4n) is 2.39. The zero-order valence-electron chi connectivity index (χ0n) is 11.5. The van der Waals surface area contributed by atoms with E-state index in [1.807, 2.05) is 6.92 Å². The van der Waals surface area contributed by atoms with E-state index in [1.165, 1.54) is 12.1 Å². The SMILES string of the molecule is CCCCCC(C)C(C(=O)O)c1cccc(F)c1N. The van der Waals surface area contributed by atoms with Gasteiger partial charge in [0.25, 0.3) is 0 Å². The van der Waals surface area contributed by atoms with Crippen LogP contribution < -0.4 is 5.73 Å². The molecule has 0 aromatic heterocycles. The molecule has 0 aliphatic carbocycles. The summed E-state index contributed by atoms with van der Waals surface area (Å²) in [5.74, 6) is -2.30. The van der Waals surface area contributed by atoms with E-state index in [1.54, 1.807) is 6.07 Å². The molecular formula is C15H22FNO2. The van der Waals surface area contributed by atoms with E-state index in [0.717, 1.165) is 25.7 Å². The van der Waals surface area contributed by atoms with E-state index in [2.05, 4.69) is 6.92 Å². The van der Waals surface area contributed by atoms with E-state index < -0.39 is 17.7 Å². The van der Waals surface area contributed by atoms with E-state index in [0.29, 0.717) is 5.56 Å². The van der Waals surface area contributed by atoms with Crippen molar-refractivity contribution in [2.75, 3.05) is 5.73 Å². The second kappa shape index (κ2) is 7.12. The third-order valence-corrected chi connectivity index (χ3v) is 3.52. The summed E-state index contributed by atoms with van der Waals surface area (Å²) in [5, 5.41) is 9.39. The molecule has 0 fully saturated rings. The van der Waals surface area contributed by atoms with Crippen molar-refractivity contribution in [3.8, 4) is 0 Å². The highest BCUT2D eigenvalue weighted by Crippen LogP contribution is 2.33. The number of hydrogen-bond donors (Lipinski definition) is 2. The minimum absolute atomic E-state index is 0.0442. The number of nitrogen functional groups attached to an aromatic ring is 1. The molecule has 1 rings (SSSR count). The summed E-state index contributed by atoms with van der Waals surface area (Å²) >= 11 is 0. The lowest BCUT2D eigenvalue weighted by molar-refractivity contribution is -0.140. The number of aliphatic carboxylic acids is 1. The van der Waals surface area contributed by atoms with Gasteiger partial charge in [0.15, 0.2) is 0 Å². The van der Waals surface area contributed by atoms with Gasteiger partial charge in [-0.05, 0) is 24.0 Å². The molecule has 0 heterocycles. The molecule has 106 valence electrons. The lowest BCUT2D eigenvalue weighted by Gasteiger charge is -2.22. The summed E-state index contributed by atoms with van der Waals surface area (Å²) in [6, 6.07) is 4.36. The van der Waals surface area contributed by atoms with E-state index in [9.17, 15) is 14.3 Å². The fraction of sp³-hybridized carbons (Fsp3) is 0.533. The van der Waals surface area contributed by atoms with Crippen LogP contribution in [-0.2, 0) is 4.79 Å². The van der Waals surface area contributed by atoms with Gasteiger partial charge in [-0.15, -0.1) is 0 Å². The normalized spacial score (nSPS) is 14.1. The molecule has 4 heteroatoms. The molecule has 3 N–H and O–H groups in total. The Hall–Kier alpha value is -1.58. The number of hydrogen-bond acceptors (Lipinski definition) is 2. The van der Waals surface area contributed by atoms with Gasteiger partial charge < -0.3 is 10.8 Å². The average molecular weight is 267 g/mol. The third kappa shape index (κ3) is 3.94. The van der Waals surface area contributed by atoms with Crippen molar-refractivity contribution in [2.45, 2.75) is 45.4 Å². The van der Waals surface area contributed by atoms with Crippen LogP contribution in [0.15, 0.2) is 18.2 Å². The number of benzene rings is 1. The second-order valence-corrected chi connectivity index (χ2v) is 5.03. The molecule has 1 aromatic rings. The number of carboxylic acids is 1. The molecule has 0 aliphatic rings. The van der Waals surface area contributed by atoms with Crippen molar-refractivity contribution in [3.05, 3.63) is 29.6 Å². The predicted molar refractivity (Wildman–Crippen MR) is 74.5 cm³/mol. The zero-order valence-corrected chi connectivity index (χ0v) is 11.5. The van der Waals surface area contributed by atoms with Crippen LogP contribution in [-0.4, -0.2) is 11.1 Å². The van der Waals surface area contributed by atoms with Crippen LogP contribution >= 0.6 is 0 Å². The third-order valence-electron chi connectivity index (χ3n) is 3.52. The molecule has 19 heavy (non-hydrogen) atoms. The first-order chi connectivity index (χ1) is 8.99. The highest BCUT2D eigenvalue weighted by molar-refractivity contribution is 5.79. The van der Waals surface area contributed by atoms with Crippen molar-refractivity contribution in [3.63, 3.8) is 0 Å². The predicted octanol–water partition coefficient (Wildman–Crippen LogP) is 3.79. The number of halogens is 1. The average Bonchev–Trinajstić information content (AvgIpc) is 2.35. The Balaban J connectivity index is 2.94. The van der Waals surface area contributed by atoms with Crippen molar-refractivity contribution in [1.29, 1.82) is 0 Å². The van der Waals surface area contributed by atoms with Gasteiger partial charge in [0.1, 0.15) is 5.82 Å². The van der Waals surface area contributed by atoms with Gasteiger partial charge in [0, 0.05) is 0 Å². The van der Waals surface area contributed by atoms with Crippen LogP contribution in [0.2, 0.25) is 0 Å². The number of carbonyl (C=O) groups is 1. The van der Waals surface area contributed by atoms with Gasteiger partial charge in [-0.25, -0.2) is 4.39 Å². The molecule has 1 aromatic carbocycles. The molecule has 0 spiro atoms. The number of carboxylic acid groups (broad SMARTS) is 1. The van der Waals surface area contributed by atoms with E-state index >= 15 is 0 Å². The molecule has 0 amide bonds. The minimum Gasteiger partial charge on any atom is -0.481 e. The maximum absolute atomic E-state index is 13.5. The minimum atomic E-state index is -0.943. The maximum Gasteiger partial charge on any atom is 0.311 e. The summed E-state index contributed by atoms with van der Waals surface area (Å²) in [5.41, 5.74) is 6.02. The van der Waals surface area contributed by atoms with Crippen LogP contribution in [0.25, 0.3) is 0 Å². The van der Waals surface area contributed by atoms with Gasteiger partial charge in [0.05, 0.1) is 11.6 Å². The van der Waals surface area contributed by atoms with Crippen molar-refractivity contribution in [1.82, 2.24) is 0 Å². The van der Waals surface area contributed by atoms with Crippen LogP contribution in [0.1, 0.15) is 51.0 Å². The van der Waals surface area contributed by atoms with Gasteiger partial charge in [0.2, 0.25) is 0 Å². The Morgan fingerprint density at radius 1 is 1.42 bits per heavy atom. The monoisotopic (exact) mass is 267 g/mol. The van der Waals surface area contributed by atoms with Crippen molar-refractivity contribution >= 4 is 11.7 Å². The summed E-state index contributed by atoms with van der Waals surface area (Å²) in [7, 11) is 0. The molecule has 0 saturated heterocycles. The van der Waals surface area contributed by atoms with E-state index in [-0.39, 0.29) is 11.6 Å². The zero-order chi connectivity index (χ0) is 14.4. The van der Waals surface area contributed by atoms with Gasteiger partial charge in [-0.3, -0.25) is 4.79 Å². The van der Waals surface area contributed by atoms with Crippen molar-refractivity contribution in [2.24, 2.45) is 5.92 Å². The standard InChI is InChI=1S/C15H22FNO2/c1-3-4-5-7-10(2)13(15(18)19)11-8-6-9-12(16)14(11)17/h6,8-10,13H,3-5,7,17H2,1-2H3,(H,18,19). The molecule has 0 aliphatic heterocycles. The second-order valence-electron chi connectivity index (χ2n) is 5.03. The van der Waals surface area contributed by atoms with Gasteiger partial charge in [-0.1, -0.05) is 45.2 Å². The van der Waals surface area contributed by atoms with Gasteiger partial charge >= 0.3 is 5.97 Å². The topological polar surface area (TPSA) is 63.3 Å². The Kier molecular flexibility index (Phi) is 5.80. The lowest BCUT2D eigenvalue weighted by atomic mass is 9.83. The van der Waals surface area contributed by atoms with E-state index in [4.69, 9.17) is 5.73 Å². The van der Waals surface area contributed by atoms with Crippen LogP contribution in [0.4, 0.5) is 10.1 Å². The lowest BCUT2D eigenvalue weighted by Crippen LogP contribution is -2.21. The molecule has 2 unspecified atom stereocenters. The smallest absolute Gasteiger partial charge is 0.311 e. The summed E-state index contributed by atoms with van der Waals surface area (Å²) < 4.78 is 13.5. The first kappa shape index (κ1) is 15.5. The molecular weight excluding hydrogens is 245 g/mol. The quantitative estimate of drug-likeness (QED) is 0.583. The number of anilines is 1. The van der Waals surface area contributed by atoms with Crippen LogP contribution in [0, 0.1) is 11.7 Å². The Morgan fingerprint density at radius 3 is 2.68 bits per heavy atom. The highest BCUT2D eigenvalue weighted by Gasteiger charge is 2.28. The number of rotatable bonds is 7. The molecule has 0 saturated carbocycles. The molecule has 2 atom stereocenters. The maximum atomic E-state index is 13.5. The van der Waals surface area contributed by atoms with Crippen LogP contribution in [0.3, 0.4) is 0 Å². The molecule has 0 bridgehead atoms. The first-order valence-electron chi connectivity index (χ1n) is 6.75. The first-order valence-corrected chi connectivity index (χ1v) is 6.75. The van der Waals surface area contributed by atoms with Crippen LogP contribution in [0.5, 0.6) is 0 Å². The summed E-state index contributed by atoms with van der Waals surface area (Å²) in [4.78, 5) is 11.5.